The van der Waals surface area contributed by atoms with Crippen molar-refractivity contribution >= 4 is 24.5 Å². The highest BCUT2D eigenvalue weighted by Gasteiger charge is 2.40. The van der Waals surface area contributed by atoms with Crippen LogP contribution in [0.1, 0.15) is 36.8 Å². The number of aromatic nitrogens is 1. The fourth-order valence-electron chi connectivity index (χ4n) is 3.54. The average Bonchev–Trinajstić information content (AvgIpc) is 3.37. The van der Waals surface area contributed by atoms with E-state index in [0.29, 0.717) is 24.5 Å². The molecule has 0 radical (unpaired) electrons. The molecular weight excluding hydrogens is 351 g/mol. The number of Topliss-reactive ketones (excluding diaryl/α,β-unsaturated/α-hetero) is 1. The van der Waals surface area contributed by atoms with Gasteiger partial charge < -0.3 is 4.42 Å². The molecule has 6 heteroatoms. The number of benzene rings is 1. The summed E-state index contributed by atoms with van der Waals surface area (Å²) < 4.78 is 19.8. The molecule has 0 N–H and O–H groups in total. The summed E-state index contributed by atoms with van der Waals surface area (Å²) in [4.78, 5) is 19.2. The third-order valence-corrected chi connectivity index (χ3v) is 5.67. The van der Waals surface area contributed by atoms with E-state index in [0.717, 1.165) is 24.8 Å². The number of halogens is 1. The first-order valence-corrected chi connectivity index (χ1v) is 9.45. The van der Waals surface area contributed by atoms with E-state index in [2.05, 4.69) is 22.5 Å². The Labute approximate surface area is 157 Å². The van der Waals surface area contributed by atoms with Gasteiger partial charge in [0.15, 0.2) is 5.78 Å². The Kier molecular flexibility index (Phi) is 4.96. The van der Waals surface area contributed by atoms with Gasteiger partial charge in [0.2, 0.25) is 5.89 Å². The van der Waals surface area contributed by atoms with Crippen LogP contribution in [0.15, 0.2) is 46.7 Å². The maximum Gasteiger partial charge on any atom is 0.218 e. The van der Waals surface area contributed by atoms with Crippen molar-refractivity contribution in [2.45, 2.75) is 30.6 Å². The zero-order chi connectivity index (χ0) is 18.1. The fourth-order valence-corrected chi connectivity index (χ4v) is 3.81. The molecule has 1 aliphatic carbocycles. The second kappa shape index (κ2) is 7.37. The molecule has 1 aliphatic heterocycles. The standard InChI is InChI=1S/C20H21FN2O2S/c21-16-4-2-1-3-15(16)19(20(24)13-5-6-13)23-9-7-17(26)14(12-23)11-18-22-8-10-25-18/h1-4,8,10-11,13,17,19,26H,5-7,9,12H2/b14-11-. The number of hydrogen-bond acceptors (Lipinski definition) is 5. The summed E-state index contributed by atoms with van der Waals surface area (Å²) in [6.07, 6.45) is 7.61. The highest BCUT2D eigenvalue weighted by Crippen LogP contribution is 2.39. The molecule has 136 valence electrons. The molecule has 1 aromatic heterocycles. The Hall–Kier alpha value is -1.92. The maximum atomic E-state index is 14.5. The van der Waals surface area contributed by atoms with Crippen LogP contribution in [-0.2, 0) is 4.79 Å². The molecule has 0 spiro atoms. The number of ketones is 1. The molecule has 26 heavy (non-hydrogen) atoms. The van der Waals surface area contributed by atoms with E-state index in [1.54, 1.807) is 24.4 Å². The van der Waals surface area contributed by atoms with Crippen LogP contribution in [0.2, 0.25) is 0 Å². The molecule has 4 rings (SSSR count). The van der Waals surface area contributed by atoms with Crippen molar-refractivity contribution in [2.75, 3.05) is 13.1 Å². The Morgan fingerprint density at radius 2 is 2.15 bits per heavy atom. The van der Waals surface area contributed by atoms with Crippen molar-refractivity contribution in [2.24, 2.45) is 5.92 Å². The lowest BCUT2D eigenvalue weighted by atomic mass is 9.93. The van der Waals surface area contributed by atoms with Crippen LogP contribution in [0, 0.1) is 11.7 Å². The van der Waals surface area contributed by atoms with Gasteiger partial charge in [0, 0.05) is 35.9 Å². The minimum atomic E-state index is -0.544. The number of hydrogen-bond donors (Lipinski definition) is 1. The Balaban J connectivity index is 1.65. The third kappa shape index (κ3) is 3.62. The third-order valence-electron chi connectivity index (χ3n) is 5.08. The van der Waals surface area contributed by atoms with Crippen molar-refractivity contribution < 1.29 is 13.6 Å². The van der Waals surface area contributed by atoms with Gasteiger partial charge in [0.1, 0.15) is 12.1 Å². The highest BCUT2D eigenvalue weighted by atomic mass is 32.1. The number of likely N-dealkylation sites (tertiary alicyclic amines) is 1. The molecule has 2 aliphatic rings. The molecule has 0 amide bonds. The number of piperidine rings is 1. The maximum absolute atomic E-state index is 14.5. The Bertz CT molecular complexity index is 817. The van der Waals surface area contributed by atoms with Gasteiger partial charge in [0.25, 0.3) is 0 Å². The minimum absolute atomic E-state index is 0.0625. The second-order valence-corrected chi connectivity index (χ2v) is 7.59. The summed E-state index contributed by atoms with van der Waals surface area (Å²) in [6, 6.07) is 6.06. The summed E-state index contributed by atoms with van der Waals surface area (Å²) in [6.45, 7) is 1.25. The van der Waals surface area contributed by atoms with E-state index >= 15 is 0 Å². The average molecular weight is 372 g/mol. The number of carbonyl (C=O) groups excluding carboxylic acids is 1. The van der Waals surface area contributed by atoms with E-state index in [1.165, 1.54) is 12.3 Å². The highest BCUT2D eigenvalue weighted by molar-refractivity contribution is 7.81. The fraction of sp³-hybridized carbons (Fsp3) is 0.400. The molecule has 1 saturated heterocycles. The lowest BCUT2D eigenvalue weighted by molar-refractivity contribution is -0.126. The number of nitrogens with zero attached hydrogens (tertiary/aromatic N) is 2. The number of rotatable bonds is 5. The number of carbonyl (C=O) groups is 1. The molecule has 2 fully saturated rings. The lowest BCUT2D eigenvalue weighted by Crippen LogP contribution is -2.42. The first-order chi connectivity index (χ1) is 12.6. The zero-order valence-electron chi connectivity index (χ0n) is 14.3. The van der Waals surface area contributed by atoms with Crippen molar-refractivity contribution in [1.29, 1.82) is 0 Å². The van der Waals surface area contributed by atoms with Crippen LogP contribution in [0.5, 0.6) is 0 Å². The van der Waals surface area contributed by atoms with Crippen molar-refractivity contribution in [1.82, 2.24) is 9.88 Å². The summed E-state index contributed by atoms with van der Waals surface area (Å²) in [7, 11) is 0. The second-order valence-electron chi connectivity index (χ2n) is 6.97. The molecular formula is C20H21FN2O2S. The van der Waals surface area contributed by atoms with Gasteiger partial charge in [-0.25, -0.2) is 9.37 Å². The van der Waals surface area contributed by atoms with Crippen LogP contribution in [0.3, 0.4) is 0 Å². The zero-order valence-corrected chi connectivity index (χ0v) is 15.2. The first-order valence-electron chi connectivity index (χ1n) is 8.93. The smallest absolute Gasteiger partial charge is 0.218 e. The van der Waals surface area contributed by atoms with E-state index in [4.69, 9.17) is 4.42 Å². The first kappa shape index (κ1) is 17.5. The molecule has 2 atom stereocenters. The minimum Gasteiger partial charge on any atom is -0.445 e. The van der Waals surface area contributed by atoms with Gasteiger partial charge in [0.05, 0.1) is 12.2 Å². The SMILES string of the molecule is O=C(C1CC1)C(c1ccccc1F)N1CCC(S)/C(=C\c2ncco2)C1. The van der Waals surface area contributed by atoms with Gasteiger partial charge in [-0.05, 0) is 30.9 Å². The van der Waals surface area contributed by atoms with Gasteiger partial charge >= 0.3 is 0 Å². The molecule has 2 unspecified atom stereocenters. The quantitative estimate of drug-likeness (QED) is 0.808. The van der Waals surface area contributed by atoms with Crippen molar-refractivity contribution in [3.8, 4) is 0 Å². The van der Waals surface area contributed by atoms with Crippen molar-refractivity contribution in [3.63, 3.8) is 0 Å². The lowest BCUT2D eigenvalue weighted by Gasteiger charge is -2.37. The summed E-state index contributed by atoms with van der Waals surface area (Å²) in [5.41, 5.74) is 1.50. The molecule has 1 saturated carbocycles. The topological polar surface area (TPSA) is 46.3 Å². The van der Waals surface area contributed by atoms with E-state index in [9.17, 15) is 9.18 Å². The Morgan fingerprint density at radius 3 is 2.85 bits per heavy atom. The van der Waals surface area contributed by atoms with Gasteiger partial charge in [-0.2, -0.15) is 12.6 Å². The largest absolute Gasteiger partial charge is 0.445 e. The molecule has 4 nitrogen and oxygen atoms in total. The molecule has 1 aromatic carbocycles. The predicted molar refractivity (Wildman–Crippen MR) is 100 cm³/mol. The normalized spacial score (nSPS) is 23.9. The Morgan fingerprint density at radius 1 is 1.35 bits per heavy atom. The summed E-state index contributed by atoms with van der Waals surface area (Å²) in [5, 5.41) is 0.0791. The molecule has 2 heterocycles. The number of thiol groups is 1. The van der Waals surface area contributed by atoms with E-state index < -0.39 is 6.04 Å². The summed E-state index contributed by atoms with van der Waals surface area (Å²) in [5.74, 6) is 0.394. The van der Waals surface area contributed by atoms with Crippen LogP contribution in [0.25, 0.3) is 6.08 Å². The summed E-state index contributed by atoms with van der Waals surface area (Å²) >= 11 is 4.67. The molecule has 2 aromatic rings. The van der Waals surface area contributed by atoms with Gasteiger partial charge in [-0.1, -0.05) is 18.2 Å². The number of oxazole rings is 1. The van der Waals surface area contributed by atoms with Gasteiger partial charge in [-0.15, -0.1) is 0 Å². The van der Waals surface area contributed by atoms with Gasteiger partial charge in [-0.3, -0.25) is 9.69 Å². The molecule has 0 bridgehead atoms. The van der Waals surface area contributed by atoms with E-state index in [1.807, 2.05) is 6.08 Å². The van der Waals surface area contributed by atoms with Crippen molar-refractivity contribution in [3.05, 3.63) is 59.6 Å². The van der Waals surface area contributed by atoms with Crippen LogP contribution in [0.4, 0.5) is 4.39 Å². The predicted octanol–water partition coefficient (Wildman–Crippen LogP) is 3.92. The van der Waals surface area contributed by atoms with Crippen LogP contribution < -0.4 is 0 Å². The van der Waals surface area contributed by atoms with E-state index in [-0.39, 0.29) is 22.8 Å². The van der Waals surface area contributed by atoms with Crippen LogP contribution in [-0.4, -0.2) is 34.0 Å². The van der Waals surface area contributed by atoms with Crippen LogP contribution >= 0.6 is 12.6 Å². The monoisotopic (exact) mass is 372 g/mol.